The normalized spacial score (nSPS) is 19.4. The van der Waals surface area contributed by atoms with Crippen molar-refractivity contribution in [1.82, 2.24) is 14.9 Å². The second-order valence-corrected chi connectivity index (χ2v) is 5.36. The summed E-state index contributed by atoms with van der Waals surface area (Å²) in [4.78, 5) is 41.1. The molecule has 1 fully saturated rings. The molecular formula is C13H19N3O4. The number of aromatic nitrogens is 2. The van der Waals surface area contributed by atoms with Gasteiger partial charge < -0.3 is 14.6 Å². The van der Waals surface area contributed by atoms with Gasteiger partial charge >= 0.3 is 5.69 Å². The fourth-order valence-electron chi connectivity index (χ4n) is 2.40. The lowest BCUT2D eigenvalue weighted by atomic mass is 10.0. The van der Waals surface area contributed by atoms with Crippen LogP contribution in [0.15, 0.2) is 15.7 Å². The van der Waals surface area contributed by atoms with E-state index in [1.807, 2.05) is 4.98 Å². The molecule has 7 nitrogen and oxygen atoms in total. The lowest BCUT2D eigenvalue weighted by Crippen LogP contribution is -2.50. The van der Waals surface area contributed by atoms with Crippen LogP contribution in [0, 0.1) is 5.92 Å². The Morgan fingerprint density at radius 3 is 2.85 bits per heavy atom. The van der Waals surface area contributed by atoms with Crippen molar-refractivity contribution in [2.24, 2.45) is 5.92 Å². The molecule has 0 aliphatic carbocycles. The fraction of sp³-hybridized carbons (Fsp3) is 0.615. The molecule has 1 amide bonds. The summed E-state index contributed by atoms with van der Waals surface area (Å²) >= 11 is 0. The van der Waals surface area contributed by atoms with Gasteiger partial charge in [0, 0.05) is 12.6 Å². The molecule has 2 rings (SSSR count). The number of carbonyl (C=O) groups excluding carboxylic acids is 1. The van der Waals surface area contributed by atoms with E-state index in [1.54, 1.807) is 4.90 Å². The monoisotopic (exact) mass is 281 g/mol. The quantitative estimate of drug-likeness (QED) is 0.812. The van der Waals surface area contributed by atoms with E-state index >= 15 is 0 Å². The van der Waals surface area contributed by atoms with Crippen LogP contribution in [0.3, 0.4) is 0 Å². The summed E-state index contributed by atoms with van der Waals surface area (Å²) < 4.78 is 5.41. The van der Waals surface area contributed by atoms with E-state index in [2.05, 4.69) is 18.8 Å². The predicted octanol–water partition coefficient (Wildman–Crippen LogP) is -0.0497. The zero-order valence-corrected chi connectivity index (χ0v) is 11.6. The summed E-state index contributed by atoms with van der Waals surface area (Å²) in [5, 5.41) is 0. The van der Waals surface area contributed by atoms with Gasteiger partial charge in [-0.1, -0.05) is 13.8 Å². The molecule has 0 aromatic carbocycles. The first-order valence-corrected chi connectivity index (χ1v) is 6.69. The lowest BCUT2D eigenvalue weighted by Gasteiger charge is -2.36. The number of hydrogen-bond donors (Lipinski definition) is 2. The summed E-state index contributed by atoms with van der Waals surface area (Å²) in [6.07, 6.45) is 0.819. The van der Waals surface area contributed by atoms with Crippen molar-refractivity contribution in [2.75, 3.05) is 19.8 Å². The van der Waals surface area contributed by atoms with E-state index in [9.17, 15) is 14.4 Å². The molecule has 110 valence electrons. The first-order chi connectivity index (χ1) is 9.47. The number of nitrogens with one attached hydrogen (secondary N) is 2. The smallest absolute Gasteiger partial charge is 0.326 e. The van der Waals surface area contributed by atoms with Crippen molar-refractivity contribution in [2.45, 2.75) is 26.3 Å². The van der Waals surface area contributed by atoms with Gasteiger partial charge in [-0.3, -0.25) is 14.6 Å². The molecule has 7 heteroatoms. The number of morpholine rings is 1. The van der Waals surface area contributed by atoms with Gasteiger partial charge in [0.15, 0.2) is 0 Å². The molecule has 1 aromatic heterocycles. The number of carbonyl (C=O) groups is 1. The standard InChI is InChI=1S/C13H19N3O4/c1-8(2)5-9-7-20-4-3-16(9)12(18)10-6-11(17)15-13(19)14-10/h6,8-9H,3-5,7H2,1-2H3,(H2,14,15,17,19). The Bertz CT molecular complexity index is 562. The average molecular weight is 281 g/mol. The molecule has 0 bridgehead atoms. The Hall–Kier alpha value is -1.89. The van der Waals surface area contributed by atoms with Crippen LogP contribution in [0.1, 0.15) is 30.8 Å². The molecule has 2 heterocycles. The Morgan fingerprint density at radius 1 is 1.45 bits per heavy atom. The van der Waals surface area contributed by atoms with Crippen LogP contribution in [-0.2, 0) is 4.74 Å². The third-order valence-electron chi connectivity index (χ3n) is 3.22. The van der Waals surface area contributed by atoms with Gasteiger partial charge in [0.05, 0.1) is 19.3 Å². The van der Waals surface area contributed by atoms with E-state index < -0.39 is 11.2 Å². The predicted molar refractivity (Wildman–Crippen MR) is 72.8 cm³/mol. The number of aromatic amines is 2. The Labute approximate surface area is 116 Å². The second kappa shape index (κ2) is 6.04. The van der Waals surface area contributed by atoms with Crippen molar-refractivity contribution in [1.29, 1.82) is 0 Å². The van der Waals surface area contributed by atoms with Crippen LogP contribution in [0.2, 0.25) is 0 Å². The lowest BCUT2D eigenvalue weighted by molar-refractivity contribution is -0.00779. The minimum Gasteiger partial charge on any atom is -0.377 e. The van der Waals surface area contributed by atoms with Crippen molar-refractivity contribution >= 4 is 5.91 Å². The zero-order valence-electron chi connectivity index (χ0n) is 11.6. The van der Waals surface area contributed by atoms with Crippen LogP contribution in [0.25, 0.3) is 0 Å². The topological polar surface area (TPSA) is 95.3 Å². The van der Waals surface area contributed by atoms with E-state index in [0.29, 0.717) is 25.7 Å². The van der Waals surface area contributed by atoms with E-state index in [1.165, 1.54) is 0 Å². The van der Waals surface area contributed by atoms with Gasteiger partial charge in [0.25, 0.3) is 11.5 Å². The molecule has 1 atom stereocenters. The highest BCUT2D eigenvalue weighted by molar-refractivity contribution is 5.92. The van der Waals surface area contributed by atoms with Gasteiger partial charge in [0.1, 0.15) is 5.69 Å². The van der Waals surface area contributed by atoms with Crippen LogP contribution < -0.4 is 11.2 Å². The largest absolute Gasteiger partial charge is 0.377 e. The minimum absolute atomic E-state index is 0.0226. The molecule has 20 heavy (non-hydrogen) atoms. The van der Waals surface area contributed by atoms with Crippen LogP contribution in [-0.4, -0.2) is 46.6 Å². The van der Waals surface area contributed by atoms with Crippen molar-refractivity contribution in [3.63, 3.8) is 0 Å². The molecule has 0 radical (unpaired) electrons. The highest BCUT2D eigenvalue weighted by Crippen LogP contribution is 2.17. The maximum atomic E-state index is 12.4. The third-order valence-corrected chi connectivity index (χ3v) is 3.22. The molecule has 0 saturated carbocycles. The SMILES string of the molecule is CC(C)CC1COCCN1C(=O)c1cc(=O)[nH]c(=O)[nH]1. The molecule has 1 unspecified atom stereocenters. The molecule has 1 aliphatic heterocycles. The number of nitrogens with zero attached hydrogens (tertiary/aromatic N) is 1. The van der Waals surface area contributed by atoms with Crippen LogP contribution >= 0.6 is 0 Å². The first kappa shape index (κ1) is 14.5. The summed E-state index contributed by atoms with van der Waals surface area (Å²) in [5.41, 5.74) is -1.23. The highest BCUT2D eigenvalue weighted by atomic mass is 16.5. The zero-order chi connectivity index (χ0) is 14.7. The molecule has 0 spiro atoms. The van der Waals surface area contributed by atoms with Crippen molar-refractivity contribution in [3.05, 3.63) is 32.6 Å². The second-order valence-electron chi connectivity index (χ2n) is 5.36. The summed E-state index contributed by atoms with van der Waals surface area (Å²) in [5.74, 6) is 0.0948. The van der Waals surface area contributed by atoms with E-state index in [0.717, 1.165) is 12.5 Å². The number of hydrogen-bond acceptors (Lipinski definition) is 4. The molecule has 1 aliphatic rings. The van der Waals surface area contributed by atoms with Crippen molar-refractivity contribution in [3.8, 4) is 0 Å². The summed E-state index contributed by atoms with van der Waals surface area (Å²) in [6.45, 7) is 5.56. The van der Waals surface area contributed by atoms with Crippen LogP contribution in [0.5, 0.6) is 0 Å². The molecule has 1 aromatic rings. The fourth-order valence-corrected chi connectivity index (χ4v) is 2.40. The minimum atomic E-state index is -0.672. The van der Waals surface area contributed by atoms with Gasteiger partial charge in [-0.2, -0.15) is 0 Å². The Morgan fingerprint density at radius 2 is 2.20 bits per heavy atom. The third kappa shape index (κ3) is 3.36. The molecule has 2 N–H and O–H groups in total. The Kier molecular flexibility index (Phi) is 4.39. The van der Waals surface area contributed by atoms with E-state index in [-0.39, 0.29) is 17.6 Å². The van der Waals surface area contributed by atoms with Gasteiger partial charge in [-0.25, -0.2) is 4.79 Å². The summed E-state index contributed by atoms with van der Waals surface area (Å²) in [6, 6.07) is 1.09. The number of amides is 1. The highest BCUT2D eigenvalue weighted by Gasteiger charge is 2.29. The maximum Gasteiger partial charge on any atom is 0.326 e. The van der Waals surface area contributed by atoms with E-state index in [4.69, 9.17) is 4.74 Å². The number of rotatable bonds is 3. The maximum absolute atomic E-state index is 12.4. The van der Waals surface area contributed by atoms with Gasteiger partial charge in [-0.05, 0) is 12.3 Å². The van der Waals surface area contributed by atoms with Crippen molar-refractivity contribution < 1.29 is 9.53 Å². The number of ether oxygens (including phenoxy) is 1. The first-order valence-electron chi connectivity index (χ1n) is 6.69. The van der Waals surface area contributed by atoms with Gasteiger partial charge in [-0.15, -0.1) is 0 Å². The molecule has 1 saturated heterocycles. The Balaban J connectivity index is 2.25. The van der Waals surface area contributed by atoms with Crippen LogP contribution in [0.4, 0.5) is 0 Å². The average Bonchev–Trinajstić information content (AvgIpc) is 2.36. The number of H-pyrrole nitrogens is 2. The molecular weight excluding hydrogens is 262 g/mol. The summed E-state index contributed by atoms with van der Waals surface area (Å²) in [7, 11) is 0. The van der Waals surface area contributed by atoms with Gasteiger partial charge in [0.2, 0.25) is 0 Å².